The standard InChI is InChI=1S/C8H9BrN2O3/c1-13-7(12)6-5-4-14-3-2-11(5)8(9)10-6/h2-4H2,1H3. The molecule has 0 radical (unpaired) electrons. The van der Waals surface area contributed by atoms with Crippen LogP contribution in [0, 0.1) is 0 Å². The van der Waals surface area contributed by atoms with E-state index < -0.39 is 5.97 Å². The van der Waals surface area contributed by atoms with Crippen LogP contribution in [0.15, 0.2) is 4.73 Å². The number of esters is 1. The van der Waals surface area contributed by atoms with Crippen molar-refractivity contribution in [3.63, 3.8) is 0 Å². The Kier molecular flexibility index (Phi) is 2.56. The molecule has 0 bridgehead atoms. The lowest BCUT2D eigenvalue weighted by molar-refractivity contribution is 0.0569. The van der Waals surface area contributed by atoms with Crippen LogP contribution < -0.4 is 0 Å². The number of aromatic nitrogens is 2. The SMILES string of the molecule is COC(=O)c1nc(Br)n2c1COCC2. The third-order valence-corrected chi connectivity index (χ3v) is 2.71. The van der Waals surface area contributed by atoms with Gasteiger partial charge in [-0.05, 0) is 15.9 Å². The molecular weight excluding hydrogens is 252 g/mol. The van der Waals surface area contributed by atoms with Crippen molar-refractivity contribution in [2.75, 3.05) is 13.7 Å². The lowest BCUT2D eigenvalue weighted by atomic mass is 10.3. The van der Waals surface area contributed by atoms with Gasteiger partial charge < -0.3 is 14.0 Å². The molecule has 1 aromatic heterocycles. The number of imidazole rings is 1. The van der Waals surface area contributed by atoms with Gasteiger partial charge in [-0.1, -0.05) is 0 Å². The van der Waals surface area contributed by atoms with Crippen molar-refractivity contribution in [3.8, 4) is 0 Å². The smallest absolute Gasteiger partial charge is 0.358 e. The first-order chi connectivity index (χ1) is 6.74. The molecule has 1 aromatic rings. The fraction of sp³-hybridized carbons (Fsp3) is 0.500. The number of halogens is 1. The number of ether oxygens (including phenoxy) is 2. The quantitative estimate of drug-likeness (QED) is 0.706. The predicted molar refractivity (Wildman–Crippen MR) is 50.9 cm³/mol. The van der Waals surface area contributed by atoms with Gasteiger partial charge in [0.2, 0.25) is 0 Å². The fourth-order valence-electron chi connectivity index (χ4n) is 1.41. The van der Waals surface area contributed by atoms with Crippen molar-refractivity contribution in [2.45, 2.75) is 13.2 Å². The van der Waals surface area contributed by atoms with Crippen LogP contribution in [-0.4, -0.2) is 29.2 Å². The van der Waals surface area contributed by atoms with E-state index in [-0.39, 0.29) is 0 Å². The zero-order valence-electron chi connectivity index (χ0n) is 7.62. The Hall–Kier alpha value is -0.880. The van der Waals surface area contributed by atoms with Crippen LogP contribution in [0.5, 0.6) is 0 Å². The summed E-state index contributed by atoms with van der Waals surface area (Å²) in [6, 6.07) is 0. The highest BCUT2D eigenvalue weighted by Crippen LogP contribution is 2.21. The summed E-state index contributed by atoms with van der Waals surface area (Å²) in [5.41, 5.74) is 1.11. The van der Waals surface area contributed by atoms with Gasteiger partial charge in [0, 0.05) is 6.54 Å². The van der Waals surface area contributed by atoms with Crippen molar-refractivity contribution < 1.29 is 14.3 Å². The first-order valence-corrected chi connectivity index (χ1v) is 4.94. The molecule has 1 aliphatic rings. The molecule has 0 N–H and O–H groups in total. The minimum atomic E-state index is -0.426. The van der Waals surface area contributed by atoms with E-state index in [2.05, 4.69) is 25.7 Å². The minimum absolute atomic E-state index is 0.332. The van der Waals surface area contributed by atoms with Crippen LogP contribution >= 0.6 is 15.9 Å². The van der Waals surface area contributed by atoms with Gasteiger partial charge in [0.15, 0.2) is 10.4 Å². The monoisotopic (exact) mass is 260 g/mol. The number of carbonyl (C=O) groups excluding carboxylic acids is 1. The third kappa shape index (κ3) is 1.44. The number of methoxy groups -OCH3 is 1. The largest absolute Gasteiger partial charge is 0.464 e. The molecule has 0 spiro atoms. The maximum Gasteiger partial charge on any atom is 0.358 e. The number of hydrogen-bond acceptors (Lipinski definition) is 4. The zero-order valence-corrected chi connectivity index (χ0v) is 9.20. The molecule has 0 amide bonds. The molecule has 0 saturated carbocycles. The van der Waals surface area contributed by atoms with Crippen molar-refractivity contribution in [3.05, 3.63) is 16.1 Å². The molecule has 0 saturated heterocycles. The highest BCUT2D eigenvalue weighted by atomic mass is 79.9. The molecule has 76 valence electrons. The van der Waals surface area contributed by atoms with Crippen LogP contribution in [0.3, 0.4) is 0 Å². The number of carbonyl (C=O) groups is 1. The summed E-state index contributed by atoms with van der Waals surface area (Å²) >= 11 is 3.29. The summed E-state index contributed by atoms with van der Waals surface area (Å²) in [7, 11) is 1.34. The second kappa shape index (κ2) is 3.70. The molecule has 2 rings (SSSR count). The number of fused-ring (bicyclic) bond motifs is 1. The molecule has 5 nitrogen and oxygen atoms in total. The van der Waals surface area contributed by atoms with E-state index in [0.29, 0.717) is 30.2 Å². The lowest BCUT2D eigenvalue weighted by Crippen LogP contribution is -2.18. The maximum atomic E-state index is 11.3. The van der Waals surface area contributed by atoms with Gasteiger partial charge in [-0.25, -0.2) is 9.78 Å². The van der Waals surface area contributed by atoms with Crippen molar-refractivity contribution >= 4 is 21.9 Å². The fourth-order valence-corrected chi connectivity index (χ4v) is 1.98. The molecule has 0 aliphatic carbocycles. The van der Waals surface area contributed by atoms with E-state index >= 15 is 0 Å². The van der Waals surface area contributed by atoms with Crippen LogP contribution in [0.1, 0.15) is 16.2 Å². The Morgan fingerprint density at radius 2 is 2.50 bits per heavy atom. The predicted octanol–water partition coefficient (Wildman–Crippen LogP) is 0.962. The molecule has 0 unspecified atom stereocenters. The summed E-state index contributed by atoms with van der Waals surface area (Å²) < 4.78 is 12.4. The van der Waals surface area contributed by atoms with Gasteiger partial charge >= 0.3 is 5.97 Å². The highest BCUT2D eigenvalue weighted by Gasteiger charge is 2.23. The summed E-state index contributed by atoms with van der Waals surface area (Å²) in [6.45, 7) is 1.76. The van der Waals surface area contributed by atoms with E-state index in [1.54, 1.807) is 0 Å². The second-order valence-electron chi connectivity index (χ2n) is 2.87. The Balaban J connectivity index is 2.46. The highest BCUT2D eigenvalue weighted by molar-refractivity contribution is 9.10. The first-order valence-electron chi connectivity index (χ1n) is 4.15. The van der Waals surface area contributed by atoms with Crippen molar-refractivity contribution in [1.29, 1.82) is 0 Å². The molecular formula is C8H9BrN2O3. The lowest BCUT2D eigenvalue weighted by Gasteiger charge is -2.15. The first kappa shape index (κ1) is 9.67. The number of hydrogen-bond donors (Lipinski definition) is 0. The Bertz CT molecular complexity index is 375. The van der Waals surface area contributed by atoms with Gasteiger partial charge in [0.05, 0.1) is 26.0 Å². The summed E-state index contributed by atoms with van der Waals surface area (Å²) in [4.78, 5) is 15.4. The van der Waals surface area contributed by atoms with Crippen molar-refractivity contribution in [1.82, 2.24) is 9.55 Å². The Morgan fingerprint density at radius 3 is 3.21 bits per heavy atom. The van der Waals surface area contributed by atoms with E-state index in [9.17, 15) is 4.79 Å². The van der Waals surface area contributed by atoms with Crippen LogP contribution in [0.4, 0.5) is 0 Å². The van der Waals surface area contributed by atoms with Gasteiger partial charge in [-0.15, -0.1) is 0 Å². The normalized spacial score (nSPS) is 15.0. The Labute approximate surface area is 89.1 Å². The second-order valence-corrected chi connectivity index (χ2v) is 3.58. The van der Waals surface area contributed by atoms with Gasteiger partial charge in [-0.2, -0.15) is 0 Å². The van der Waals surface area contributed by atoms with Crippen LogP contribution in [-0.2, 0) is 22.6 Å². The molecule has 1 aliphatic heterocycles. The van der Waals surface area contributed by atoms with E-state index in [1.165, 1.54) is 7.11 Å². The molecule has 14 heavy (non-hydrogen) atoms. The average Bonchev–Trinajstić information content (AvgIpc) is 2.56. The van der Waals surface area contributed by atoms with E-state index in [4.69, 9.17) is 4.74 Å². The molecule has 6 heteroatoms. The topological polar surface area (TPSA) is 53.3 Å². The molecule has 0 atom stereocenters. The molecule has 0 fully saturated rings. The number of rotatable bonds is 1. The van der Waals surface area contributed by atoms with Gasteiger partial charge in [0.1, 0.15) is 0 Å². The Morgan fingerprint density at radius 1 is 1.71 bits per heavy atom. The van der Waals surface area contributed by atoms with E-state index in [1.807, 2.05) is 4.57 Å². The average molecular weight is 261 g/mol. The summed E-state index contributed by atoms with van der Waals surface area (Å²) in [6.07, 6.45) is 0. The maximum absolute atomic E-state index is 11.3. The van der Waals surface area contributed by atoms with Gasteiger partial charge in [0.25, 0.3) is 0 Å². The minimum Gasteiger partial charge on any atom is -0.464 e. The third-order valence-electron chi connectivity index (χ3n) is 2.10. The van der Waals surface area contributed by atoms with Crippen molar-refractivity contribution in [2.24, 2.45) is 0 Å². The van der Waals surface area contributed by atoms with Crippen LogP contribution in [0.25, 0.3) is 0 Å². The van der Waals surface area contributed by atoms with E-state index in [0.717, 1.165) is 5.69 Å². The van der Waals surface area contributed by atoms with Gasteiger partial charge in [-0.3, -0.25) is 0 Å². The number of nitrogens with zero attached hydrogens (tertiary/aromatic N) is 2. The summed E-state index contributed by atoms with van der Waals surface area (Å²) in [5.74, 6) is -0.426. The molecule has 2 heterocycles. The van der Waals surface area contributed by atoms with Crippen LogP contribution in [0.2, 0.25) is 0 Å². The summed E-state index contributed by atoms with van der Waals surface area (Å²) in [5, 5.41) is 0. The zero-order chi connectivity index (χ0) is 10.1. The molecule has 0 aromatic carbocycles.